The van der Waals surface area contributed by atoms with Gasteiger partial charge in [0.15, 0.2) is 5.72 Å². The Kier molecular flexibility index (Phi) is 3.40. The van der Waals surface area contributed by atoms with Crippen LogP contribution in [-0.2, 0) is 14.4 Å². The molecule has 1 saturated carbocycles. The first kappa shape index (κ1) is 15.4. The van der Waals surface area contributed by atoms with Crippen LogP contribution < -0.4 is 0 Å². The topological polar surface area (TPSA) is 32.8 Å². The van der Waals surface area contributed by atoms with Gasteiger partial charge in [0.1, 0.15) is 0 Å². The summed E-state index contributed by atoms with van der Waals surface area (Å²) in [4.78, 5) is 4.63. The molecule has 1 aromatic carbocycles. The van der Waals surface area contributed by atoms with E-state index in [1.54, 1.807) is 0 Å². The van der Waals surface area contributed by atoms with Crippen molar-refractivity contribution in [2.24, 2.45) is 5.92 Å². The zero-order valence-corrected chi connectivity index (χ0v) is 15.2. The van der Waals surface area contributed by atoms with Crippen LogP contribution >= 0.6 is 0 Å². The van der Waals surface area contributed by atoms with Crippen molar-refractivity contribution < 1.29 is 8.95 Å². The SMILES string of the molecule is Cc1ccc(S2(=O)=C3CN(CC4CCC4)CCC34OCCN42)cc1. The molecule has 1 spiro atoms. The molecule has 1 aromatic rings. The molecule has 2 saturated heterocycles. The molecule has 3 heterocycles. The van der Waals surface area contributed by atoms with E-state index in [1.807, 2.05) is 0 Å². The predicted molar refractivity (Wildman–Crippen MR) is 96.4 cm³/mol. The molecule has 0 aromatic heterocycles. The Labute approximate surface area is 144 Å². The van der Waals surface area contributed by atoms with Crippen LogP contribution in [0.5, 0.6) is 0 Å². The molecule has 0 radical (unpaired) electrons. The van der Waals surface area contributed by atoms with Crippen LogP contribution in [0.3, 0.4) is 0 Å². The highest BCUT2D eigenvalue weighted by Crippen LogP contribution is 2.47. The summed E-state index contributed by atoms with van der Waals surface area (Å²) < 4.78 is 22.4. The second kappa shape index (κ2) is 5.31. The van der Waals surface area contributed by atoms with Gasteiger partial charge in [0, 0.05) is 37.5 Å². The average Bonchev–Trinajstić information content (AvgIpc) is 2.92. The molecule has 3 fully saturated rings. The third kappa shape index (κ3) is 1.96. The Bertz CT molecular complexity index is 777. The molecule has 24 heavy (non-hydrogen) atoms. The first-order valence-corrected chi connectivity index (χ1v) is 10.8. The van der Waals surface area contributed by atoms with Gasteiger partial charge in [0.2, 0.25) is 0 Å². The molecule has 5 rings (SSSR count). The van der Waals surface area contributed by atoms with Crippen LogP contribution in [0.15, 0.2) is 29.2 Å². The monoisotopic (exact) mass is 346 g/mol. The van der Waals surface area contributed by atoms with E-state index >= 15 is 0 Å². The molecule has 3 aliphatic heterocycles. The molecule has 130 valence electrons. The second-order valence-corrected chi connectivity index (χ2v) is 10.2. The van der Waals surface area contributed by atoms with Crippen molar-refractivity contribution in [3.63, 3.8) is 0 Å². The molecule has 2 unspecified atom stereocenters. The summed E-state index contributed by atoms with van der Waals surface area (Å²) in [7, 11) is -2.25. The number of hydrogen-bond acceptors (Lipinski definition) is 3. The summed E-state index contributed by atoms with van der Waals surface area (Å²) in [5, 5.41) is 0. The van der Waals surface area contributed by atoms with Gasteiger partial charge in [-0.2, -0.15) is 4.31 Å². The summed E-state index contributed by atoms with van der Waals surface area (Å²) in [6.07, 6.45) is 5.09. The minimum Gasteiger partial charge on any atom is -0.353 e. The molecule has 5 heteroatoms. The van der Waals surface area contributed by atoms with Crippen LogP contribution in [0, 0.1) is 12.8 Å². The maximum atomic E-state index is 14.0. The van der Waals surface area contributed by atoms with Gasteiger partial charge in [0.25, 0.3) is 0 Å². The van der Waals surface area contributed by atoms with Crippen LogP contribution in [0.2, 0.25) is 0 Å². The Balaban J connectivity index is 1.54. The smallest absolute Gasteiger partial charge is 0.166 e. The van der Waals surface area contributed by atoms with Crippen LogP contribution in [0.4, 0.5) is 0 Å². The predicted octanol–water partition coefficient (Wildman–Crippen LogP) is 2.27. The largest absolute Gasteiger partial charge is 0.353 e. The number of aryl methyl sites for hydroxylation is 1. The fraction of sp³-hybridized carbons (Fsp3) is 0.632. The zero-order valence-electron chi connectivity index (χ0n) is 14.4. The van der Waals surface area contributed by atoms with E-state index < -0.39 is 9.71 Å². The third-order valence-electron chi connectivity index (χ3n) is 6.33. The van der Waals surface area contributed by atoms with Crippen molar-refractivity contribution in [1.82, 2.24) is 9.21 Å². The number of ether oxygens (including phenoxy) is 1. The second-order valence-electron chi connectivity index (χ2n) is 7.78. The van der Waals surface area contributed by atoms with Gasteiger partial charge < -0.3 is 4.74 Å². The highest BCUT2D eigenvalue weighted by molar-refractivity contribution is 8.02. The quantitative estimate of drug-likeness (QED) is 0.787. The van der Waals surface area contributed by atoms with Crippen molar-refractivity contribution in [2.45, 2.75) is 43.2 Å². The molecule has 2 atom stereocenters. The van der Waals surface area contributed by atoms with E-state index in [1.165, 1.54) is 31.4 Å². The maximum absolute atomic E-state index is 14.0. The summed E-state index contributed by atoms with van der Waals surface area (Å²) in [6.45, 7) is 6.66. The van der Waals surface area contributed by atoms with E-state index in [2.05, 4.69) is 40.4 Å². The van der Waals surface area contributed by atoms with Gasteiger partial charge in [-0.15, -0.1) is 0 Å². The molecule has 4 nitrogen and oxygen atoms in total. The lowest BCUT2D eigenvalue weighted by atomic mass is 9.84. The summed E-state index contributed by atoms with van der Waals surface area (Å²) >= 11 is 0. The summed E-state index contributed by atoms with van der Waals surface area (Å²) in [6, 6.07) is 8.26. The lowest BCUT2D eigenvalue weighted by Gasteiger charge is -2.55. The van der Waals surface area contributed by atoms with Crippen LogP contribution in [0.1, 0.15) is 31.2 Å². The first-order chi connectivity index (χ1) is 11.6. The Hall–Kier alpha value is -0.880. The zero-order chi connectivity index (χ0) is 16.4. The van der Waals surface area contributed by atoms with E-state index in [9.17, 15) is 4.21 Å². The lowest BCUT2D eigenvalue weighted by molar-refractivity contribution is -0.0221. The summed E-state index contributed by atoms with van der Waals surface area (Å²) in [5.74, 6) is 0.857. The van der Waals surface area contributed by atoms with Crippen molar-refractivity contribution >= 4 is 14.6 Å². The number of nitrogens with zero attached hydrogens (tertiary/aromatic N) is 2. The normalized spacial score (nSPS) is 36.8. The molecule has 4 aliphatic rings. The van der Waals surface area contributed by atoms with Crippen molar-refractivity contribution in [2.75, 3.05) is 32.8 Å². The molecule has 0 bridgehead atoms. The van der Waals surface area contributed by atoms with Crippen molar-refractivity contribution in [3.05, 3.63) is 29.8 Å². The highest BCUT2D eigenvalue weighted by atomic mass is 32.2. The Morgan fingerprint density at radius 1 is 1.25 bits per heavy atom. The van der Waals surface area contributed by atoms with Crippen molar-refractivity contribution in [3.8, 4) is 0 Å². The molecule has 0 amide bonds. The highest BCUT2D eigenvalue weighted by Gasteiger charge is 2.62. The summed E-state index contributed by atoms with van der Waals surface area (Å²) in [5.41, 5.74) is 0.892. The van der Waals surface area contributed by atoms with Crippen LogP contribution in [-0.4, -0.2) is 56.8 Å². The van der Waals surface area contributed by atoms with Gasteiger partial charge in [0.05, 0.1) is 21.2 Å². The molecule has 0 N–H and O–H groups in total. The maximum Gasteiger partial charge on any atom is 0.166 e. The number of hydrogen-bond donors (Lipinski definition) is 0. The van der Waals surface area contributed by atoms with Gasteiger partial charge >= 0.3 is 0 Å². The number of likely N-dealkylation sites (tertiary alicyclic amines) is 1. The van der Waals surface area contributed by atoms with Crippen molar-refractivity contribution in [1.29, 1.82) is 0 Å². The number of rotatable bonds is 3. The Morgan fingerprint density at radius 3 is 2.75 bits per heavy atom. The fourth-order valence-corrected chi connectivity index (χ4v) is 7.98. The third-order valence-corrected chi connectivity index (χ3v) is 9.46. The minimum atomic E-state index is -2.25. The lowest BCUT2D eigenvalue weighted by Crippen LogP contribution is -2.72. The first-order valence-electron chi connectivity index (χ1n) is 9.24. The Morgan fingerprint density at radius 2 is 2.04 bits per heavy atom. The van der Waals surface area contributed by atoms with Crippen LogP contribution in [0.25, 0.3) is 0 Å². The van der Waals surface area contributed by atoms with Gasteiger partial charge in [-0.05, 0) is 37.8 Å². The van der Waals surface area contributed by atoms with Gasteiger partial charge in [-0.3, -0.25) is 4.90 Å². The van der Waals surface area contributed by atoms with E-state index in [4.69, 9.17) is 4.74 Å². The molecular weight excluding hydrogens is 320 g/mol. The van der Waals surface area contributed by atoms with E-state index in [-0.39, 0.29) is 5.72 Å². The number of piperidine rings is 1. The standard InChI is InChI=1S/C19H26N2O2S/c1-15-5-7-17(8-6-15)24(22)18-14-20(13-16-3-2-4-16)10-9-19(18)21(24)11-12-23-19/h5-8,16H,2-4,9-14H2,1H3. The van der Waals surface area contributed by atoms with Gasteiger partial charge in [-0.25, -0.2) is 4.21 Å². The molecule has 1 aliphatic carbocycles. The fourth-order valence-electron chi connectivity index (χ4n) is 4.74. The molecular formula is C19H26N2O2S. The minimum absolute atomic E-state index is 0.321. The van der Waals surface area contributed by atoms with E-state index in [0.717, 1.165) is 41.7 Å². The average molecular weight is 346 g/mol. The van der Waals surface area contributed by atoms with Gasteiger partial charge in [-0.1, -0.05) is 24.1 Å². The number of benzene rings is 1. The van der Waals surface area contributed by atoms with E-state index in [0.29, 0.717) is 6.61 Å².